The highest BCUT2D eigenvalue weighted by Gasteiger charge is 2.17. The number of hydrogen-bond donors (Lipinski definition) is 5. The molecule has 0 bridgehead atoms. The summed E-state index contributed by atoms with van der Waals surface area (Å²) in [5.74, 6) is 0.803. The van der Waals surface area contributed by atoms with E-state index < -0.39 is 0 Å². The van der Waals surface area contributed by atoms with Crippen LogP contribution in [0.1, 0.15) is 0 Å². The number of nitrogens with one attached hydrogen (secondary N) is 1. The number of fused-ring (bicyclic) bond motifs is 6. The molecule has 0 unspecified atom stereocenters. The van der Waals surface area contributed by atoms with E-state index in [4.69, 9.17) is 22.2 Å². The van der Waals surface area contributed by atoms with Gasteiger partial charge in [0.2, 0.25) is 0 Å². The minimum Gasteiger partial charge on any atom is -0.508 e. The number of nitrogens with two attached hydrogens (primary N) is 3. The predicted molar refractivity (Wildman–Crippen MR) is 111 cm³/mol. The number of aromatic hydroxyl groups is 1. The van der Waals surface area contributed by atoms with Gasteiger partial charge in [-0.15, -0.1) is 0 Å². The maximum atomic E-state index is 9.99. The van der Waals surface area contributed by atoms with E-state index in [-0.39, 0.29) is 5.75 Å². The predicted octanol–water partition coefficient (Wildman–Crippen LogP) is 3.99. The van der Waals surface area contributed by atoms with Crippen molar-refractivity contribution < 1.29 is 5.11 Å². The Morgan fingerprint density at radius 3 is 2.26 bits per heavy atom. The topological polar surface area (TPSA) is 127 Å². The lowest BCUT2D eigenvalue weighted by Gasteiger charge is -2.07. The third-order valence-corrected chi connectivity index (χ3v) is 4.93. The Morgan fingerprint density at radius 2 is 1.48 bits per heavy atom. The highest BCUT2D eigenvalue weighted by atomic mass is 16.3. The normalized spacial score (nSPS) is 11.6. The Kier molecular flexibility index (Phi) is 3.00. The second-order valence-corrected chi connectivity index (χ2v) is 6.66. The van der Waals surface area contributed by atoms with Crippen molar-refractivity contribution in [3.8, 4) is 17.1 Å². The fourth-order valence-electron chi connectivity index (χ4n) is 3.71. The van der Waals surface area contributed by atoms with E-state index in [2.05, 4.69) is 4.98 Å². The summed E-state index contributed by atoms with van der Waals surface area (Å²) in [4.78, 5) is 8.19. The Labute approximate surface area is 154 Å². The van der Waals surface area contributed by atoms with Gasteiger partial charge in [-0.1, -0.05) is 12.1 Å². The molecule has 5 aromatic rings. The summed E-state index contributed by atoms with van der Waals surface area (Å²) >= 11 is 0. The summed E-state index contributed by atoms with van der Waals surface area (Å²) in [6.07, 6.45) is 0. The van der Waals surface area contributed by atoms with Crippen LogP contribution in [0.2, 0.25) is 0 Å². The van der Waals surface area contributed by atoms with Crippen molar-refractivity contribution in [1.82, 2.24) is 9.97 Å². The molecule has 1 heterocycles. The highest BCUT2D eigenvalue weighted by Crippen LogP contribution is 2.39. The van der Waals surface area contributed by atoms with Crippen LogP contribution in [0.5, 0.6) is 5.75 Å². The van der Waals surface area contributed by atoms with E-state index in [0.717, 1.165) is 32.6 Å². The zero-order valence-electron chi connectivity index (χ0n) is 14.3. The molecule has 27 heavy (non-hydrogen) atoms. The zero-order valence-corrected chi connectivity index (χ0v) is 14.3. The van der Waals surface area contributed by atoms with Crippen molar-refractivity contribution in [3.63, 3.8) is 0 Å². The molecule has 5 rings (SSSR count). The first-order chi connectivity index (χ1) is 13.0. The van der Waals surface area contributed by atoms with Crippen LogP contribution in [-0.4, -0.2) is 15.1 Å². The van der Waals surface area contributed by atoms with Crippen molar-refractivity contribution in [2.24, 2.45) is 0 Å². The summed E-state index contributed by atoms with van der Waals surface area (Å²) in [5.41, 5.74) is 22.4. The van der Waals surface area contributed by atoms with E-state index in [1.54, 1.807) is 24.3 Å². The first-order valence-electron chi connectivity index (χ1n) is 8.51. The zero-order chi connectivity index (χ0) is 18.7. The molecule has 0 amide bonds. The number of anilines is 3. The standard InChI is InChI=1S/C21H17N5O/c22-10-4-6-12-14(8-10)15-9-11(27)5-7-13(15)20-19(12)25-21(26-20)18-16(23)2-1-3-17(18)24/h1-9,27H,22-24H2,(H,25,26). The number of phenolic OH excluding ortho intramolecular Hbond substituents is 1. The van der Waals surface area contributed by atoms with E-state index in [1.165, 1.54) is 0 Å². The molecule has 6 heteroatoms. The molecule has 0 radical (unpaired) electrons. The Balaban J connectivity index is 1.98. The molecule has 0 aliphatic heterocycles. The summed E-state index contributed by atoms with van der Waals surface area (Å²) in [6.45, 7) is 0. The average molecular weight is 355 g/mol. The van der Waals surface area contributed by atoms with Gasteiger partial charge in [-0.25, -0.2) is 4.98 Å². The van der Waals surface area contributed by atoms with Crippen molar-refractivity contribution >= 4 is 49.6 Å². The lowest BCUT2D eigenvalue weighted by molar-refractivity contribution is 0.476. The SMILES string of the molecule is Nc1ccc2c(c1)c1cc(O)ccc1c1nc(-c3c(N)cccc3N)[nH]c21. The molecular formula is C21H17N5O. The van der Waals surface area contributed by atoms with Crippen LogP contribution in [-0.2, 0) is 0 Å². The quantitative estimate of drug-likeness (QED) is 0.229. The third kappa shape index (κ3) is 2.17. The summed E-state index contributed by atoms with van der Waals surface area (Å²) < 4.78 is 0. The number of phenols is 1. The minimum absolute atomic E-state index is 0.192. The Bertz CT molecular complexity index is 1270. The summed E-state index contributed by atoms with van der Waals surface area (Å²) in [7, 11) is 0. The number of imidazole rings is 1. The van der Waals surface area contributed by atoms with Crippen LogP contribution >= 0.6 is 0 Å². The fraction of sp³-hybridized carbons (Fsp3) is 0. The van der Waals surface area contributed by atoms with Crippen LogP contribution in [0.3, 0.4) is 0 Å². The molecule has 4 aromatic carbocycles. The number of aromatic amines is 1. The fourth-order valence-corrected chi connectivity index (χ4v) is 3.71. The summed E-state index contributed by atoms with van der Waals surface area (Å²) in [5, 5.41) is 13.7. The molecule has 1 aromatic heterocycles. The lowest BCUT2D eigenvalue weighted by atomic mass is 9.99. The van der Waals surface area contributed by atoms with Crippen molar-refractivity contribution in [2.75, 3.05) is 17.2 Å². The van der Waals surface area contributed by atoms with Gasteiger partial charge in [0.1, 0.15) is 11.6 Å². The van der Waals surface area contributed by atoms with Gasteiger partial charge in [0.15, 0.2) is 0 Å². The van der Waals surface area contributed by atoms with Gasteiger partial charge >= 0.3 is 0 Å². The molecule has 6 nitrogen and oxygen atoms in total. The number of aromatic nitrogens is 2. The molecule has 0 saturated carbocycles. The van der Waals surface area contributed by atoms with Gasteiger partial charge in [0.25, 0.3) is 0 Å². The van der Waals surface area contributed by atoms with E-state index in [9.17, 15) is 5.11 Å². The number of hydrogen-bond acceptors (Lipinski definition) is 5. The Morgan fingerprint density at radius 1 is 0.778 bits per heavy atom. The second kappa shape index (κ2) is 5.28. The van der Waals surface area contributed by atoms with Gasteiger partial charge in [-0.05, 0) is 53.2 Å². The number of nitrogen functional groups attached to an aromatic ring is 3. The summed E-state index contributed by atoms with van der Waals surface area (Å²) in [6, 6.07) is 16.4. The number of H-pyrrole nitrogens is 1. The molecule has 0 aliphatic rings. The minimum atomic E-state index is 0.192. The first kappa shape index (κ1) is 15.3. The molecular weight excluding hydrogens is 338 g/mol. The molecule has 8 N–H and O–H groups in total. The smallest absolute Gasteiger partial charge is 0.142 e. The van der Waals surface area contributed by atoms with Crippen LogP contribution in [0.25, 0.3) is 44.0 Å². The van der Waals surface area contributed by atoms with Gasteiger partial charge in [0.05, 0.1) is 16.6 Å². The van der Waals surface area contributed by atoms with Crippen molar-refractivity contribution in [1.29, 1.82) is 0 Å². The van der Waals surface area contributed by atoms with Gasteiger partial charge < -0.3 is 27.3 Å². The molecule has 0 aliphatic carbocycles. The maximum Gasteiger partial charge on any atom is 0.142 e. The molecule has 0 spiro atoms. The van der Waals surface area contributed by atoms with E-state index in [1.807, 2.05) is 30.3 Å². The molecule has 0 atom stereocenters. The van der Waals surface area contributed by atoms with Crippen LogP contribution in [0.4, 0.5) is 17.1 Å². The number of nitrogens with zero attached hydrogens (tertiary/aromatic N) is 1. The van der Waals surface area contributed by atoms with Crippen LogP contribution in [0, 0.1) is 0 Å². The van der Waals surface area contributed by atoms with Gasteiger partial charge in [-0.2, -0.15) is 0 Å². The molecule has 0 saturated heterocycles. The van der Waals surface area contributed by atoms with Crippen LogP contribution < -0.4 is 17.2 Å². The molecule has 0 fully saturated rings. The van der Waals surface area contributed by atoms with Gasteiger partial charge in [-0.3, -0.25) is 0 Å². The molecule has 132 valence electrons. The van der Waals surface area contributed by atoms with E-state index in [0.29, 0.717) is 28.5 Å². The van der Waals surface area contributed by atoms with Crippen molar-refractivity contribution in [2.45, 2.75) is 0 Å². The second-order valence-electron chi connectivity index (χ2n) is 6.66. The highest BCUT2D eigenvalue weighted by molar-refractivity contribution is 6.24. The van der Waals surface area contributed by atoms with E-state index >= 15 is 0 Å². The number of rotatable bonds is 1. The number of benzene rings is 4. The maximum absolute atomic E-state index is 9.99. The largest absolute Gasteiger partial charge is 0.508 e. The third-order valence-electron chi connectivity index (χ3n) is 4.93. The Hall–Kier alpha value is -3.93. The van der Waals surface area contributed by atoms with Crippen molar-refractivity contribution in [3.05, 3.63) is 54.6 Å². The van der Waals surface area contributed by atoms with Gasteiger partial charge in [0, 0.05) is 27.8 Å². The van der Waals surface area contributed by atoms with Crippen LogP contribution in [0.15, 0.2) is 54.6 Å². The first-order valence-corrected chi connectivity index (χ1v) is 8.51. The average Bonchev–Trinajstić information content (AvgIpc) is 3.06. The lowest BCUT2D eigenvalue weighted by Crippen LogP contribution is -1.96. The monoisotopic (exact) mass is 355 g/mol.